The maximum Gasteiger partial charge on any atom is 0.240 e. The largest absolute Gasteiger partial charge is 0.392 e. The molecule has 16 heavy (non-hydrogen) atoms. The highest BCUT2D eigenvalue weighted by molar-refractivity contribution is 7.89. The molecule has 0 saturated carbocycles. The Kier molecular flexibility index (Phi) is 4.07. The molecule has 0 amide bonds. The lowest BCUT2D eigenvalue weighted by Gasteiger charge is -2.12. The lowest BCUT2D eigenvalue weighted by atomic mass is 9.98. The first-order valence-corrected chi connectivity index (χ1v) is 6.58. The van der Waals surface area contributed by atoms with E-state index in [0.717, 1.165) is 5.56 Å². The highest BCUT2D eigenvalue weighted by atomic mass is 32.2. The Bertz CT molecular complexity index is 466. The summed E-state index contributed by atoms with van der Waals surface area (Å²) in [6.07, 6.45) is 0. The first-order chi connectivity index (χ1) is 7.42. The summed E-state index contributed by atoms with van der Waals surface area (Å²) in [5, 5.41) is 9.21. The molecule has 1 aromatic carbocycles. The van der Waals surface area contributed by atoms with E-state index in [1.807, 2.05) is 13.8 Å². The van der Waals surface area contributed by atoms with Gasteiger partial charge in [-0.05, 0) is 36.2 Å². The summed E-state index contributed by atoms with van der Waals surface area (Å²) < 4.78 is 25.4. The van der Waals surface area contributed by atoms with E-state index in [9.17, 15) is 13.5 Å². The van der Waals surface area contributed by atoms with E-state index in [4.69, 9.17) is 0 Å². The minimum atomic E-state index is -3.43. The topological polar surface area (TPSA) is 66.4 Å². The molecule has 1 aromatic rings. The molecule has 5 heteroatoms. The van der Waals surface area contributed by atoms with Crippen molar-refractivity contribution in [3.63, 3.8) is 0 Å². The Morgan fingerprint density at radius 1 is 1.38 bits per heavy atom. The van der Waals surface area contributed by atoms with Gasteiger partial charge in [0.1, 0.15) is 0 Å². The van der Waals surface area contributed by atoms with Crippen molar-refractivity contribution in [1.29, 1.82) is 0 Å². The van der Waals surface area contributed by atoms with Crippen LogP contribution in [0.15, 0.2) is 23.1 Å². The molecule has 0 atom stereocenters. The van der Waals surface area contributed by atoms with Gasteiger partial charge in [0.25, 0.3) is 0 Å². The molecule has 2 N–H and O–H groups in total. The van der Waals surface area contributed by atoms with Crippen molar-refractivity contribution in [1.82, 2.24) is 4.72 Å². The van der Waals surface area contributed by atoms with Gasteiger partial charge in [0.05, 0.1) is 11.5 Å². The molecular formula is C11H17NO3S. The summed E-state index contributed by atoms with van der Waals surface area (Å²) in [6.45, 7) is 3.85. The van der Waals surface area contributed by atoms with Crippen LogP contribution in [-0.4, -0.2) is 20.6 Å². The molecular weight excluding hydrogens is 226 g/mol. The number of hydrogen-bond donors (Lipinski definition) is 2. The van der Waals surface area contributed by atoms with E-state index in [1.54, 1.807) is 12.1 Å². The molecule has 0 unspecified atom stereocenters. The molecule has 0 saturated heterocycles. The monoisotopic (exact) mass is 243 g/mol. The first kappa shape index (κ1) is 13.2. The van der Waals surface area contributed by atoms with Gasteiger partial charge in [-0.15, -0.1) is 0 Å². The molecule has 0 bridgehead atoms. The fourth-order valence-electron chi connectivity index (χ4n) is 1.57. The van der Waals surface area contributed by atoms with Crippen LogP contribution in [0.4, 0.5) is 0 Å². The van der Waals surface area contributed by atoms with Crippen LogP contribution in [-0.2, 0) is 16.6 Å². The smallest absolute Gasteiger partial charge is 0.240 e. The number of aliphatic hydroxyl groups excluding tert-OH is 1. The number of rotatable bonds is 4. The molecule has 0 aliphatic heterocycles. The van der Waals surface area contributed by atoms with E-state index in [1.165, 1.54) is 13.1 Å². The van der Waals surface area contributed by atoms with Gasteiger partial charge >= 0.3 is 0 Å². The second-order valence-corrected chi connectivity index (χ2v) is 5.77. The Balaban J connectivity index is 3.30. The van der Waals surface area contributed by atoms with Gasteiger partial charge in [-0.2, -0.15) is 0 Å². The van der Waals surface area contributed by atoms with Crippen molar-refractivity contribution in [3.8, 4) is 0 Å². The van der Waals surface area contributed by atoms with E-state index in [0.29, 0.717) is 5.56 Å². The van der Waals surface area contributed by atoms with Crippen LogP contribution in [0.2, 0.25) is 0 Å². The summed E-state index contributed by atoms with van der Waals surface area (Å²) in [5.74, 6) is 0.258. The molecule has 0 fully saturated rings. The molecule has 0 aliphatic carbocycles. The van der Waals surface area contributed by atoms with Gasteiger partial charge in [0.15, 0.2) is 0 Å². The number of sulfonamides is 1. The molecule has 1 rings (SSSR count). The minimum absolute atomic E-state index is 0.152. The summed E-state index contributed by atoms with van der Waals surface area (Å²) >= 11 is 0. The lowest BCUT2D eigenvalue weighted by molar-refractivity contribution is 0.280. The van der Waals surface area contributed by atoms with Crippen LogP contribution in [0.3, 0.4) is 0 Å². The highest BCUT2D eigenvalue weighted by Gasteiger charge is 2.14. The molecule has 90 valence electrons. The molecule has 0 radical (unpaired) electrons. The Hall–Kier alpha value is -0.910. The second kappa shape index (κ2) is 4.95. The predicted molar refractivity (Wildman–Crippen MR) is 62.7 cm³/mol. The summed E-state index contributed by atoms with van der Waals surface area (Å²) in [5.41, 5.74) is 1.63. The Labute approximate surface area is 96.4 Å². The zero-order chi connectivity index (χ0) is 12.3. The molecule has 4 nitrogen and oxygen atoms in total. The van der Waals surface area contributed by atoms with Crippen LogP contribution in [0.5, 0.6) is 0 Å². The lowest BCUT2D eigenvalue weighted by Crippen LogP contribution is -2.19. The third kappa shape index (κ3) is 2.61. The number of aliphatic hydroxyl groups is 1. The third-order valence-corrected chi connectivity index (χ3v) is 3.90. The molecule has 0 aliphatic rings. The second-order valence-electron chi connectivity index (χ2n) is 3.88. The SMILES string of the molecule is CNS(=O)(=O)c1ccc(C(C)C)c(CO)c1. The van der Waals surface area contributed by atoms with Gasteiger partial charge < -0.3 is 5.11 Å². The van der Waals surface area contributed by atoms with E-state index in [-0.39, 0.29) is 17.4 Å². The molecule has 0 aromatic heterocycles. The van der Waals surface area contributed by atoms with Gasteiger partial charge in [-0.25, -0.2) is 13.1 Å². The van der Waals surface area contributed by atoms with Gasteiger partial charge in [-0.3, -0.25) is 0 Å². The average molecular weight is 243 g/mol. The van der Waals surface area contributed by atoms with Crippen molar-refractivity contribution in [2.24, 2.45) is 0 Å². The van der Waals surface area contributed by atoms with E-state index >= 15 is 0 Å². The number of benzene rings is 1. The highest BCUT2D eigenvalue weighted by Crippen LogP contribution is 2.22. The third-order valence-electron chi connectivity index (χ3n) is 2.49. The van der Waals surface area contributed by atoms with Crippen LogP contribution in [0, 0.1) is 0 Å². The standard InChI is InChI=1S/C11H17NO3S/c1-8(2)11-5-4-10(6-9(11)7-13)16(14,15)12-3/h4-6,8,12-13H,7H2,1-3H3. The zero-order valence-electron chi connectivity index (χ0n) is 9.69. The van der Waals surface area contributed by atoms with Crippen LogP contribution in [0.1, 0.15) is 30.9 Å². The van der Waals surface area contributed by atoms with Crippen LogP contribution >= 0.6 is 0 Å². The number of hydrogen-bond acceptors (Lipinski definition) is 3. The van der Waals surface area contributed by atoms with Crippen molar-refractivity contribution < 1.29 is 13.5 Å². The number of nitrogens with one attached hydrogen (secondary N) is 1. The minimum Gasteiger partial charge on any atom is -0.392 e. The first-order valence-electron chi connectivity index (χ1n) is 5.09. The van der Waals surface area contributed by atoms with E-state index < -0.39 is 10.0 Å². The zero-order valence-corrected chi connectivity index (χ0v) is 10.5. The maximum absolute atomic E-state index is 11.6. The molecule has 0 spiro atoms. The van der Waals surface area contributed by atoms with Crippen LogP contribution in [0.25, 0.3) is 0 Å². The normalized spacial score (nSPS) is 12.1. The quantitative estimate of drug-likeness (QED) is 0.835. The predicted octanol–water partition coefficient (Wildman–Crippen LogP) is 1.21. The average Bonchev–Trinajstić information content (AvgIpc) is 2.27. The van der Waals surface area contributed by atoms with E-state index in [2.05, 4.69) is 4.72 Å². The molecule has 0 heterocycles. The Morgan fingerprint density at radius 2 is 2.00 bits per heavy atom. The fourth-order valence-corrected chi connectivity index (χ4v) is 2.35. The van der Waals surface area contributed by atoms with Crippen molar-refractivity contribution >= 4 is 10.0 Å². The van der Waals surface area contributed by atoms with Crippen molar-refractivity contribution in [2.75, 3.05) is 7.05 Å². The maximum atomic E-state index is 11.6. The summed E-state index contributed by atoms with van der Waals surface area (Å²) in [7, 11) is -2.07. The van der Waals surface area contributed by atoms with Crippen molar-refractivity contribution in [3.05, 3.63) is 29.3 Å². The fraction of sp³-hybridized carbons (Fsp3) is 0.455. The van der Waals surface area contributed by atoms with Gasteiger partial charge in [-0.1, -0.05) is 19.9 Å². The van der Waals surface area contributed by atoms with Gasteiger partial charge in [0.2, 0.25) is 10.0 Å². The summed E-state index contributed by atoms with van der Waals surface area (Å²) in [6, 6.07) is 4.82. The van der Waals surface area contributed by atoms with Crippen molar-refractivity contribution in [2.45, 2.75) is 31.3 Å². The van der Waals surface area contributed by atoms with Gasteiger partial charge in [0, 0.05) is 0 Å². The summed E-state index contributed by atoms with van der Waals surface area (Å²) in [4.78, 5) is 0.184. The Morgan fingerprint density at radius 3 is 2.44 bits per heavy atom. The van der Waals surface area contributed by atoms with Crippen LogP contribution < -0.4 is 4.72 Å².